The van der Waals surface area contributed by atoms with Gasteiger partial charge in [0.2, 0.25) is 0 Å². The quantitative estimate of drug-likeness (QED) is 0.585. The molecule has 2 rings (SSSR count). The summed E-state index contributed by atoms with van der Waals surface area (Å²) in [7, 11) is 0. The number of fused-ring (bicyclic) bond motifs is 1. The Hall–Kier alpha value is -2.09. The number of aromatic hydroxyl groups is 1. The second-order valence-corrected chi connectivity index (χ2v) is 5.26. The van der Waals surface area contributed by atoms with Gasteiger partial charge in [-0.1, -0.05) is 12.7 Å². The van der Waals surface area contributed by atoms with E-state index in [0.29, 0.717) is 11.3 Å². The van der Waals surface area contributed by atoms with Gasteiger partial charge in [0, 0.05) is 10.9 Å². The molecule has 22 heavy (non-hydrogen) atoms. The fraction of sp³-hybridized carbons (Fsp3) is 0.143. The van der Waals surface area contributed by atoms with Gasteiger partial charge in [-0.2, -0.15) is 0 Å². The molecular formula is C14H9F5O2S. The minimum absolute atomic E-state index is 0.0835. The van der Waals surface area contributed by atoms with Crippen LogP contribution in [0.1, 0.15) is 17.4 Å². The highest BCUT2D eigenvalue weighted by Crippen LogP contribution is 2.42. The zero-order valence-corrected chi connectivity index (χ0v) is 11.9. The lowest BCUT2D eigenvalue weighted by atomic mass is 10.1. The third kappa shape index (κ3) is 2.92. The summed E-state index contributed by atoms with van der Waals surface area (Å²) in [5.74, 6) is -3.87. The molecule has 0 fully saturated rings. The van der Waals surface area contributed by atoms with Crippen LogP contribution in [0.5, 0.6) is 5.75 Å². The van der Waals surface area contributed by atoms with Gasteiger partial charge >= 0.3 is 6.36 Å². The van der Waals surface area contributed by atoms with Crippen LogP contribution in [0.2, 0.25) is 0 Å². The monoisotopic (exact) mass is 336 g/mol. The molecule has 1 N–H and O–H groups in total. The van der Waals surface area contributed by atoms with E-state index in [1.807, 2.05) is 0 Å². The lowest BCUT2D eigenvalue weighted by Gasteiger charge is -2.09. The molecule has 1 heterocycles. The summed E-state index contributed by atoms with van der Waals surface area (Å²) in [5.41, 5.74) is 0.126. The van der Waals surface area contributed by atoms with Crippen LogP contribution in [-0.2, 0) is 4.74 Å². The van der Waals surface area contributed by atoms with E-state index in [1.165, 1.54) is 12.1 Å². The van der Waals surface area contributed by atoms with E-state index in [-0.39, 0.29) is 20.5 Å². The molecule has 1 aromatic heterocycles. The lowest BCUT2D eigenvalue weighted by molar-refractivity contribution is -0.305. The van der Waals surface area contributed by atoms with Crippen LogP contribution < -0.4 is 0 Å². The standard InChI is InChI=1S/C14H9F5O2S/c1-3-7-8-4-5-9(20)11(16)13(8)22-12(7)10(15)6(2)21-14(17,18)19/h3-5,20H,1H2,2H3/b10-6-. The Labute approximate surface area is 125 Å². The average Bonchev–Trinajstić information content (AvgIpc) is 2.79. The zero-order chi connectivity index (χ0) is 16.7. The molecule has 0 unspecified atom stereocenters. The molecular weight excluding hydrogens is 327 g/mol. The Kier molecular flexibility index (Phi) is 4.15. The molecule has 0 amide bonds. The van der Waals surface area contributed by atoms with Crippen molar-refractivity contribution < 1.29 is 31.8 Å². The number of hydrogen-bond donors (Lipinski definition) is 1. The van der Waals surface area contributed by atoms with Crippen molar-refractivity contribution >= 4 is 33.3 Å². The van der Waals surface area contributed by atoms with Gasteiger partial charge in [-0.15, -0.1) is 24.5 Å². The summed E-state index contributed by atoms with van der Waals surface area (Å²) in [6.07, 6.45) is -3.83. The number of rotatable bonds is 3. The first-order valence-corrected chi connectivity index (χ1v) is 6.66. The summed E-state index contributed by atoms with van der Waals surface area (Å²) < 4.78 is 68.0. The Morgan fingerprint density at radius 1 is 1.36 bits per heavy atom. The SMILES string of the molecule is C=Cc1c(/C(F)=C(\C)OC(F)(F)F)sc2c(F)c(O)ccc12. The van der Waals surface area contributed by atoms with Gasteiger partial charge in [-0.05, 0) is 19.1 Å². The maximum Gasteiger partial charge on any atom is 0.572 e. The van der Waals surface area contributed by atoms with Gasteiger partial charge in [-0.3, -0.25) is 0 Å². The van der Waals surface area contributed by atoms with Crippen LogP contribution >= 0.6 is 11.3 Å². The van der Waals surface area contributed by atoms with E-state index in [4.69, 9.17) is 0 Å². The van der Waals surface area contributed by atoms with Crippen molar-refractivity contribution in [3.63, 3.8) is 0 Å². The molecule has 2 nitrogen and oxygen atoms in total. The summed E-state index contributed by atoms with van der Waals surface area (Å²) in [4.78, 5) is -0.253. The Morgan fingerprint density at radius 2 is 2.00 bits per heavy atom. The smallest absolute Gasteiger partial charge is 0.505 e. The molecule has 118 valence electrons. The number of allylic oxidation sites excluding steroid dienone is 1. The van der Waals surface area contributed by atoms with Gasteiger partial charge in [0.25, 0.3) is 0 Å². The molecule has 0 saturated carbocycles. The molecule has 0 spiro atoms. The van der Waals surface area contributed by atoms with E-state index < -0.39 is 29.5 Å². The van der Waals surface area contributed by atoms with Crippen LogP contribution in [0.4, 0.5) is 22.0 Å². The molecule has 0 aliphatic carbocycles. The first-order chi connectivity index (χ1) is 10.2. The van der Waals surface area contributed by atoms with Crippen LogP contribution in [0.15, 0.2) is 24.5 Å². The van der Waals surface area contributed by atoms with Crippen molar-refractivity contribution in [1.82, 2.24) is 0 Å². The third-order valence-corrected chi connectivity index (χ3v) is 4.00. The van der Waals surface area contributed by atoms with Crippen LogP contribution in [0.3, 0.4) is 0 Å². The summed E-state index contributed by atoms with van der Waals surface area (Å²) in [5, 5.41) is 9.55. The first kappa shape index (κ1) is 16.3. The molecule has 8 heteroatoms. The number of halogens is 5. The number of phenols is 1. The highest BCUT2D eigenvalue weighted by atomic mass is 32.1. The van der Waals surface area contributed by atoms with E-state index in [0.717, 1.165) is 13.0 Å². The highest BCUT2D eigenvalue weighted by Gasteiger charge is 2.33. The van der Waals surface area contributed by atoms with Gasteiger partial charge in [0.05, 0.1) is 9.58 Å². The average molecular weight is 336 g/mol. The van der Waals surface area contributed by atoms with Crippen molar-refractivity contribution in [2.24, 2.45) is 0 Å². The van der Waals surface area contributed by atoms with Crippen molar-refractivity contribution in [2.45, 2.75) is 13.3 Å². The molecule has 1 aromatic carbocycles. The van der Waals surface area contributed by atoms with Gasteiger partial charge in [0.15, 0.2) is 17.4 Å². The molecule has 2 aromatic rings. The molecule has 0 atom stereocenters. The summed E-state index contributed by atoms with van der Waals surface area (Å²) in [6.45, 7) is 4.27. The zero-order valence-electron chi connectivity index (χ0n) is 11.1. The van der Waals surface area contributed by atoms with E-state index in [9.17, 15) is 27.1 Å². The highest BCUT2D eigenvalue weighted by molar-refractivity contribution is 7.20. The number of phenolic OH excluding ortho intramolecular Hbond substituents is 1. The number of benzene rings is 1. The van der Waals surface area contributed by atoms with Crippen molar-refractivity contribution in [1.29, 1.82) is 0 Å². The second-order valence-electron chi connectivity index (χ2n) is 4.24. The van der Waals surface area contributed by atoms with Gasteiger partial charge < -0.3 is 9.84 Å². The Balaban J connectivity index is 2.68. The molecule has 0 aliphatic heterocycles. The molecule has 0 saturated heterocycles. The predicted octanol–water partition coefficient (Wildman–Crippen LogP) is 5.58. The minimum Gasteiger partial charge on any atom is -0.505 e. The van der Waals surface area contributed by atoms with Crippen molar-refractivity contribution in [2.75, 3.05) is 0 Å². The maximum absolute atomic E-state index is 14.2. The summed E-state index contributed by atoms with van der Waals surface area (Å²) >= 11 is 0.565. The van der Waals surface area contributed by atoms with E-state index >= 15 is 0 Å². The number of ether oxygens (including phenoxy) is 1. The number of alkyl halides is 3. The predicted molar refractivity (Wildman–Crippen MR) is 74.4 cm³/mol. The summed E-state index contributed by atoms with van der Waals surface area (Å²) in [6, 6.07) is 2.40. The topological polar surface area (TPSA) is 29.5 Å². The lowest BCUT2D eigenvalue weighted by Crippen LogP contribution is -2.12. The second kappa shape index (κ2) is 5.60. The fourth-order valence-corrected chi connectivity index (χ4v) is 3.10. The van der Waals surface area contributed by atoms with Gasteiger partial charge in [0.1, 0.15) is 5.76 Å². The molecule has 0 bridgehead atoms. The van der Waals surface area contributed by atoms with Crippen LogP contribution in [-0.4, -0.2) is 11.5 Å². The third-order valence-electron chi connectivity index (χ3n) is 2.80. The van der Waals surface area contributed by atoms with Crippen LogP contribution in [0, 0.1) is 5.82 Å². The van der Waals surface area contributed by atoms with E-state index in [1.54, 1.807) is 0 Å². The largest absolute Gasteiger partial charge is 0.572 e. The Bertz CT molecular complexity index is 774. The fourth-order valence-electron chi connectivity index (χ4n) is 1.88. The maximum atomic E-state index is 14.2. The number of thiophene rings is 1. The van der Waals surface area contributed by atoms with Crippen molar-refractivity contribution in [3.05, 3.63) is 40.7 Å². The normalized spacial score (nSPS) is 13.2. The first-order valence-electron chi connectivity index (χ1n) is 5.84. The molecule has 0 aliphatic rings. The van der Waals surface area contributed by atoms with Crippen molar-refractivity contribution in [3.8, 4) is 5.75 Å². The van der Waals surface area contributed by atoms with Crippen LogP contribution in [0.25, 0.3) is 22.0 Å². The van der Waals surface area contributed by atoms with Gasteiger partial charge in [-0.25, -0.2) is 8.78 Å². The Morgan fingerprint density at radius 3 is 2.55 bits per heavy atom. The number of hydrogen-bond acceptors (Lipinski definition) is 3. The molecule has 0 radical (unpaired) electrons. The minimum atomic E-state index is -5.03. The van der Waals surface area contributed by atoms with E-state index in [2.05, 4.69) is 11.3 Å².